The normalized spacial score (nSPS) is 32.0. The first kappa shape index (κ1) is 15.5. The van der Waals surface area contributed by atoms with Crippen molar-refractivity contribution in [2.24, 2.45) is 17.3 Å². The van der Waals surface area contributed by atoms with Crippen molar-refractivity contribution in [2.75, 3.05) is 6.54 Å². The van der Waals surface area contributed by atoms with Crippen LogP contribution < -0.4 is 10.6 Å². The molecule has 0 aromatic rings. The third-order valence-corrected chi connectivity index (χ3v) is 4.96. The van der Waals surface area contributed by atoms with Crippen molar-refractivity contribution in [1.82, 2.24) is 10.6 Å². The average molecular weight is 280 g/mol. The first-order valence-electron chi connectivity index (χ1n) is 7.93. The summed E-state index contributed by atoms with van der Waals surface area (Å²) < 4.78 is 0. The van der Waals surface area contributed by atoms with Crippen molar-refractivity contribution >= 4 is 11.8 Å². The molecular weight excluding hydrogens is 252 g/mol. The SMILES string of the molecule is CC(C)(C)C1CCC(CNC2CCC(=O)NC2=O)CC1. The maximum Gasteiger partial charge on any atom is 0.243 e. The van der Waals surface area contributed by atoms with E-state index in [-0.39, 0.29) is 17.9 Å². The van der Waals surface area contributed by atoms with Gasteiger partial charge in [0.25, 0.3) is 0 Å². The summed E-state index contributed by atoms with van der Waals surface area (Å²) in [6.07, 6.45) is 6.20. The number of piperidine rings is 1. The number of hydrogen-bond acceptors (Lipinski definition) is 3. The molecule has 1 saturated carbocycles. The van der Waals surface area contributed by atoms with Gasteiger partial charge in [-0.3, -0.25) is 14.9 Å². The van der Waals surface area contributed by atoms with Gasteiger partial charge in [-0.05, 0) is 55.9 Å². The van der Waals surface area contributed by atoms with E-state index in [0.29, 0.717) is 24.2 Å². The molecule has 0 aromatic carbocycles. The van der Waals surface area contributed by atoms with Gasteiger partial charge in [-0.2, -0.15) is 0 Å². The van der Waals surface area contributed by atoms with Gasteiger partial charge in [-0.1, -0.05) is 20.8 Å². The van der Waals surface area contributed by atoms with E-state index >= 15 is 0 Å². The second-order valence-corrected chi connectivity index (χ2v) is 7.50. The fourth-order valence-corrected chi connectivity index (χ4v) is 3.43. The molecule has 1 aliphatic heterocycles. The van der Waals surface area contributed by atoms with Crippen LogP contribution in [0.25, 0.3) is 0 Å². The highest BCUT2D eigenvalue weighted by molar-refractivity contribution is 6.00. The maximum atomic E-state index is 11.7. The third kappa shape index (κ3) is 4.05. The standard InChI is InChI=1S/C16H28N2O2/c1-16(2,3)12-6-4-11(5-7-12)10-17-13-8-9-14(19)18-15(13)20/h11-13,17H,4-10H2,1-3H3,(H,18,19,20). The Labute approximate surface area is 122 Å². The minimum atomic E-state index is -0.173. The van der Waals surface area contributed by atoms with Gasteiger partial charge in [-0.15, -0.1) is 0 Å². The molecule has 20 heavy (non-hydrogen) atoms. The molecule has 1 unspecified atom stereocenters. The molecular formula is C16H28N2O2. The van der Waals surface area contributed by atoms with E-state index in [1.54, 1.807) is 0 Å². The monoisotopic (exact) mass is 280 g/mol. The first-order valence-corrected chi connectivity index (χ1v) is 7.93. The summed E-state index contributed by atoms with van der Waals surface area (Å²) in [4.78, 5) is 22.8. The highest BCUT2D eigenvalue weighted by Gasteiger charge is 2.31. The van der Waals surface area contributed by atoms with Crippen LogP contribution in [0.3, 0.4) is 0 Å². The summed E-state index contributed by atoms with van der Waals surface area (Å²) in [6, 6.07) is -0.173. The third-order valence-electron chi connectivity index (χ3n) is 4.96. The molecule has 0 spiro atoms. The van der Waals surface area contributed by atoms with Crippen molar-refractivity contribution in [3.63, 3.8) is 0 Å². The van der Waals surface area contributed by atoms with Crippen molar-refractivity contribution in [3.05, 3.63) is 0 Å². The zero-order valence-electron chi connectivity index (χ0n) is 13.0. The van der Waals surface area contributed by atoms with Gasteiger partial charge >= 0.3 is 0 Å². The zero-order valence-corrected chi connectivity index (χ0v) is 13.0. The van der Waals surface area contributed by atoms with E-state index in [2.05, 4.69) is 31.4 Å². The van der Waals surface area contributed by atoms with Crippen molar-refractivity contribution in [1.29, 1.82) is 0 Å². The Bertz CT molecular complexity index is 365. The second-order valence-electron chi connectivity index (χ2n) is 7.50. The maximum absolute atomic E-state index is 11.7. The van der Waals surface area contributed by atoms with Gasteiger partial charge in [-0.25, -0.2) is 0 Å². The predicted octanol–water partition coefficient (Wildman–Crippen LogP) is 2.23. The van der Waals surface area contributed by atoms with Crippen molar-refractivity contribution in [3.8, 4) is 0 Å². The number of carbonyl (C=O) groups excluding carboxylic acids is 2. The van der Waals surface area contributed by atoms with Gasteiger partial charge in [0, 0.05) is 6.42 Å². The topological polar surface area (TPSA) is 58.2 Å². The lowest BCUT2D eigenvalue weighted by atomic mass is 9.70. The van der Waals surface area contributed by atoms with E-state index in [4.69, 9.17) is 0 Å². The summed E-state index contributed by atoms with van der Waals surface area (Å²) in [5, 5.41) is 5.75. The number of rotatable bonds is 3. The Hall–Kier alpha value is -0.900. The summed E-state index contributed by atoms with van der Waals surface area (Å²) >= 11 is 0. The second kappa shape index (κ2) is 6.25. The predicted molar refractivity (Wildman–Crippen MR) is 79.1 cm³/mol. The van der Waals surface area contributed by atoms with Gasteiger partial charge in [0.2, 0.25) is 11.8 Å². The Morgan fingerprint density at radius 3 is 2.30 bits per heavy atom. The molecule has 114 valence electrons. The minimum Gasteiger partial charge on any atom is -0.306 e. The molecule has 4 nitrogen and oxygen atoms in total. The van der Waals surface area contributed by atoms with Crippen molar-refractivity contribution in [2.45, 2.75) is 65.3 Å². The fraction of sp³-hybridized carbons (Fsp3) is 0.875. The number of amides is 2. The quantitative estimate of drug-likeness (QED) is 0.779. The lowest BCUT2D eigenvalue weighted by Gasteiger charge is -2.37. The molecule has 0 bridgehead atoms. The molecule has 2 N–H and O–H groups in total. The Balaban J connectivity index is 1.71. The Kier molecular flexibility index (Phi) is 4.84. The summed E-state index contributed by atoms with van der Waals surface area (Å²) in [7, 11) is 0. The van der Waals surface area contributed by atoms with E-state index in [9.17, 15) is 9.59 Å². The Morgan fingerprint density at radius 1 is 1.10 bits per heavy atom. The van der Waals surface area contributed by atoms with Crippen LogP contribution in [0.4, 0.5) is 0 Å². The molecule has 2 fully saturated rings. The highest BCUT2D eigenvalue weighted by Crippen LogP contribution is 2.39. The van der Waals surface area contributed by atoms with E-state index in [0.717, 1.165) is 12.5 Å². The smallest absolute Gasteiger partial charge is 0.243 e. The highest BCUT2D eigenvalue weighted by atomic mass is 16.2. The summed E-state index contributed by atoms with van der Waals surface area (Å²) in [5.41, 5.74) is 0.419. The number of imide groups is 1. The molecule has 0 radical (unpaired) electrons. The van der Waals surface area contributed by atoms with Crippen LogP contribution in [0.2, 0.25) is 0 Å². The van der Waals surface area contributed by atoms with Crippen LogP contribution >= 0.6 is 0 Å². The fourth-order valence-electron chi connectivity index (χ4n) is 3.43. The van der Waals surface area contributed by atoms with Gasteiger partial charge in [0.15, 0.2) is 0 Å². The average Bonchev–Trinajstić information content (AvgIpc) is 2.37. The van der Waals surface area contributed by atoms with Gasteiger partial charge < -0.3 is 5.32 Å². The zero-order chi connectivity index (χ0) is 14.8. The number of hydrogen-bond donors (Lipinski definition) is 2. The molecule has 1 atom stereocenters. The lowest BCUT2D eigenvalue weighted by molar-refractivity contribution is -0.134. The molecule has 4 heteroatoms. The summed E-state index contributed by atoms with van der Waals surface area (Å²) in [6.45, 7) is 7.90. The van der Waals surface area contributed by atoms with Crippen LogP contribution in [-0.2, 0) is 9.59 Å². The van der Waals surface area contributed by atoms with E-state index in [1.165, 1.54) is 25.7 Å². The molecule has 2 aliphatic rings. The molecule has 2 amide bonds. The largest absolute Gasteiger partial charge is 0.306 e. The molecule has 2 rings (SSSR count). The van der Waals surface area contributed by atoms with Crippen LogP contribution in [0.15, 0.2) is 0 Å². The molecule has 1 heterocycles. The van der Waals surface area contributed by atoms with Crippen LogP contribution in [0.5, 0.6) is 0 Å². The van der Waals surface area contributed by atoms with E-state index < -0.39 is 0 Å². The lowest BCUT2D eigenvalue weighted by Crippen LogP contribution is -2.51. The van der Waals surface area contributed by atoms with Crippen LogP contribution in [0, 0.1) is 17.3 Å². The van der Waals surface area contributed by atoms with Crippen molar-refractivity contribution < 1.29 is 9.59 Å². The molecule has 1 aliphatic carbocycles. The van der Waals surface area contributed by atoms with Crippen LogP contribution in [-0.4, -0.2) is 24.4 Å². The number of carbonyl (C=O) groups is 2. The minimum absolute atomic E-state index is 0.140. The van der Waals surface area contributed by atoms with Gasteiger partial charge in [0.05, 0.1) is 6.04 Å². The first-order chi connectivity index (χ1) is 9.36. The molecule has 0 aromatic heterocycles. The number of nitrogens with one attached hydrogen (secondary N) is 2. The molecule has 1 saturated heterocycles. The van der Waals surface area contributed by atoms with Crippen LogP contribution in [0.1, 0.15) is 59.3 Å². The van der Waals surface area contributed by atoms with E-state index in [1.807, 2.05) is 0 Å². The Morgan fingerprint density at radius 2 is 1.75 bits per heavy atom. The summed E-state index contributed by atoms with van der Waals surface area (Å²) in [5.74, 6) is 1.22. The van der Waals surface area contributed by atoms with Gasteiger partial charge in [0.1, 0.15) is 0 Å².